The molecule has 0 fully saturated rings. The Labute approximate surface area is 201 Å². The fourth-order valence-electron chi connectivity index (χ4n) is 2.36. The molecule has 0 atom stereocenters. The Morgan fingerprint density at radius 2 is 0.821 bits per heavy atom. The van der Waals surface area contributed by atoms with Crippen LogP contribution in [-0.4, -0.2) is 101 Å². The Morgan fingerprint density at radius 3 is 0.893 bits per heavy atom. The lowest BCUT2D eigenvalue weighted by molar-refractivity contribution is -0.921. The van der Waals surface area contributed by atoms with Crippen molar-refractivity contribution in [2.24, 2.45) is 11.5 Å². The molecule has 0 amide bonds. The number of halogens is 4. The fourth-order valence-corrected chi connectivity index (χ4v) is 2.36. The van der Waals surface area contributed by atoms with Crippen LogP contribution < -0.4 is 48.7 Å². The molecule has 6 nitrogen and oxygen atoms in total. The van der Waals surface area contributed by atoms with Crippen LogP contribution in [-0.2, 0) is 0 Å². The Hall–Kier alpha value is 0.310. The van der Waals surface area contributed by atoms with Gasteiger partial charge in [0.05, 0.1) is 81.6 Å². The van der Waals surface area contributed by atoms with Crippen molar-refractivity contribution < 1.29 is 50.7 Å². The first kappa shape index (κ1) is 46.5. The Bertz CT molecular complexity index is 279. The summed E-state index contributed by atoms with van der Waals surface area (Å²) in [6.45, 7) is 16.8. The maximum absolute atomic E-state index is 6.06. The van der Waals surface area contributed by atoms with Crippen LogP contribution in [0.2, 0.25) is 0 Å². The zero-order chi connectivity index (χ0) is 20.0. The van der Waals surface area contributed by atoms with E-state index in [0.29, 0.717) is 0 Å². The van der Waals surface area contributed by atoms with E-state index in [0.717, 1.165) is 8.97 Å². The van der Waals surface area contributed by atoms with Crippen LogP contribution >= 0.6 is 12.4 Å². The molecule has 0 saturated heterocycles. The summed E-state index contributed by atoms with van der Waals surface area (Å²) in [7, 11) is 13.5. The van der Waals surface area contributed by atoms with Crippen LogP contribution in [0.15, 0.2) is 0 Å². The zero-order valence-electron chi connectivity index (χ0n) is 20.0. The molecule has 180 valence electrons. The second-order valence-corrected chi connectivity index (χ2v) is 8.44. The zero-order valence-corrected chi connectivity index (χ0v) is 23.1. The largest absolute Gasteiger partial charge is 1.00 e. The molecular weight excluding hydrogens is 442 g/mol. The molecule has 5 N–H and O–H groups in total. The second-order valence-electron chi connectivity index (χ2n) is 8.44. The van der Waals surface area contributed by atoms with E-state index < -0.39 is 0 Å². The van der Waals surface area contributed by atoms with Gasteiger partial charge in [-0.15, -0.1) is 12.4 Å². The lowest BCUT2D eigenvalue weighted by atomic mass is 10.3. The van der Waals surface area contributed by atoms with Crippen LogP contribution in [0.1, 0.15) is 34.1 Å². The Kier molecular flexibility index (Phi) is 39.2. The van der Waals surface area contributed by atoms with Gasteiger partial charge in [0.15, 0.2) is 5.96 Å². The molecule has 0 aliphatic rings. The minimum absolute atomic E-state index is 0. The number of hydrogen-bond acceptors (Lipinski definition) is 1. The highest BCUT2D eigenvalue weighted by Crippen LogP contribution is 2.03. The highest BCUT2D eigenvalue weighted by Gasteiger charge is 2.16. The van der Waals surface area contributed by atoms with Gasteiger partial charge in [-0.2, -0.15) is 0 Å². The average Bonchev–Trinajstić information content (AvgIpc) is 2.39. The van der Waals surface area contributed by atoms with Gasteiger partial charge in [-0.25, -0.2) is 0 Å². The Balaban J connectivity index is -0.0000000476. The van der Waals surface area contributed by atoms with E-state index >= 15 is 0 Å². The van der Waals surface area contributed by atoms with E-state index in [2.05, 4.69) is 81.4 Å². The van der Waals surface area contributed by atoms with Gasteiger partial charge in [-0.05, 0) is 27.7 Å². The van der Waals surface area contributed by atoms with Gasteiger partial charge in [0.2, 0.25) is 0 Å². The summed E-state index contributed by atoms with van der Waals surface area (Å²) in [5.41, 5.74) is 8.94. The highest BCUT2D eigenvalue weighted by atomic mass is 35.5. The number of hydrogen-bond donors (Lipinski definition) is 3. The SMILES string of the molecule is CC[N+](CC)(CC)CC.C[N+](C)(C)CCC[N+](C)(C)C.Cl.N=C(N)N.[Cl-].[Cl-].[Cl-]. The summed E-state index contributed by atoms with van der Waals surface area (Å²) in [4.78, 5) is 0. The van der Waals surface area contributed by atoms with E-state index in [4.69, 9.17) is 5.41 Å². The van der Waals surface area contributed by atoms with E-state index in [1.807, 2.05) is 0 Å². The predicted molar refractivity (Wildman–Crippen MR) is 116 cm³/mol. The summed E-state index contributed by atoms with van der Waals surface area (Å²) >= 11 is 0. The van der Waals surface area contributed by atoms with Crippen molar-refractivity contribution >= 4 is 18.4 Å². The molecule has 0 spiro atoms. The minimum atomic E-state index is -0.333. The van der Waals surface area contributed by atoms with Gasteiger partial charge >= 0.3 is 0 Å². The quantitative estimate of drug-likeness (QED) is 0.179. The van der Waals surface area contributed by atoms with Gasteiger partial charge in [0.25, 0.3) is 0 Å². The number of rotatable bonds is 8. The fraction of sp³-hybridized carbons (Fsp3) is 0.944. The van der Waals surface area contributed by atoms with Crippen molar-refractivity contribution in [1.82, 2.24) is 0 Å². The molecule has 0 aromatic heterocycles. The summed E-state index contributed by atoms with van der Waals surface area (Å²) in [6.07, 6.45) is 1.31. The van der Waals surface area contributed by atoms with E-state index in [9.17, 15) is 0 Å². The van der Waals surface area contributed by atoms with Crippen LogP contribution in [0.3, 0.4) is 0 Å². The van der Waals surface area contributed by atoms with E-state index in [-0.39, 0.29) is 55.6 Å². The molecule has 0 heterocycles. The molecule has 0 aliphatic carbocycles. The maximum Gasteiger partial charge on any atom is 0.183 e. The molecule has 10 heteroatoms. The smallest absolute Gasteiger partial charge is 0.183 e. The second kappa shape index (κ2) is 23.6. The highest BCUT2D eigenvalue weighted by molar-refractivity contribution is 5.85. The molecule has 0 radical (unpaired) electrons. The van der Waals surface area contributed by atoms with Gasteiger partial charge in [-0.1, -0.05) is 0 Å². The van der Waals surface area contributed by atoms with Gasteiger partial charge in [0, 0.05) is 6.42 Å². The van der Waals surface area contributed by atoms with Crippen LogP contribution in [0.5, 0.6) is 0 Å². The summed E-state index contributed by atoms with van der Waals surface area (Å²) in [5, 5.41) is 6.06. The first-order chi connectivity index (χ1) is 10.7. The number of nitrogens with two attached hydrogens (primary N) is 2. The monoisotopic (exact) mass is 490 g/mol. The maximum atomic E-state index is 6.06. The summed E-state index contributed by atoms with van der Waals surface area (Å²) in [5.74, 6) is -0.333. The van der Waals surface area contributed by atoms with Crippen molar-refractivity contribution in [3.05, 3.63) is 0 Å². The van der Waals surface area contributed by atoms with Crippen molar-refractivity contribution in [3.8, 4) is 0 Å². The molecule has 0 aliphatic heterocycles. The molecule has 0 bridgehead atoms. The normalized spacial score (nSPS) is 10.1. The van der Waals surface area contributed by atoms with Crippen molar-refractivity contribution in [1.29, 1.82) is 5.41 Å². The summed E-state index contributed by atoms with van der Waals surface area (Å²) in [6, 6.07) is 0. The van der Waals surface area contributed by atoms with Crippen molar-refractivity contribution in [2.45, 2.75) is 34.1 Å². The first-order valence-electron chi connectivity index (χ1n) is 9.24. The molecule has 0 rings (SSSR count). The van der Waals surface area contributed by atoms with E-state index in [1.165, 1.54) is 50.2 Å². The standard InChI is InChI=1S/C9H24N2.C8H20N.CH5N3.4ClH/c1-10(2,3)8-7-9-11(4,5)6;1-5-9(6-2,7-3)8-4;2-1(3)4;;;;/h7-9H2,1-6H3;5-8H2,1-4H3;(H5,2,3,4);4*1H/q+2;+1;;;;;/p-3. The van der Waals surface area contributed by atoms with Crippen LogP contribution in [0.4, 0.5) is 0 Å². The Morgan fingerprint density at radius 1 is 0.643 bits per heavy atom. The lowest BCUT2D eigenvalue weighted by Gasteiger charge is -2.34. The number of nitrogens with zero attached hydrogens (tertiary/aromatic N) is 3. The molecule has 28 heavy (non-hydrogen) atoms. The predicted octanol–water partition coefficient (Wildman–Crippen LogP) is -7.06. The third kappa shape index (κ3) is 40.9. The van der Waals surface area contributed by atoms with Gasteiger partial charge < -0.3 is 62.1 Å². The molecule has 0 unspecified atom stereocenters. The molecule has 0 aromatic carbocycles. The van der Waals surface area contributed by atoms with Gasteiger partial charge in [-0.3, -0.25) is 5.41 Å². The third-order valence-electron chi connectivity index (χ3n) is 4.34. The first-order valence-corrected chi connectivity index (χ1v) is 9.24. The molecule has 0 saturated carbocycles. The number of nitrogens with one attached hydrogen (secondary N) is 1. The van der Waals surface area contributed by atoms with Crippen molar-refractivity contribution in [2.75, 3.05) is 81.6 Å². The van der Waals surface area contributed by atoms with E-state index in [1.54, 1.807) is 0 Å². The molecular formula is C18H50Cl4N6. The van der Waals surface area contributed by atoms with Crippen molar-refractivity contribution in [3.63, 3.8) is 0 Å². The minimum Gasteiger partial charge on any atom is -1.00 e. The van der Waals surface area contributed by atoms with Crippen LogP contribution in [0, 0.1) is 5.41 Å². The number of guanidine groups is 1. The summed E-state index contributed by atoms with van der Waals surface area (Å²) < 4.78 is 3.44. The third-order valence-corrected chi connectivity index (χ3v) is 4.34. The molecule has 0 aromatic rings. The van der Waals surface area contributed by atoms with Crippen LogP contribution in [0.25, 0.3) is 0 Å². The average molecular weight is 492 g/mol. The lowest BCUT2D eigenvalue weighted by Crippen LogP contribution is -3.00. The number of quaternary nitrogens is 3. The topological polar surface area (TPSA) is 75.9 Å². The van der Waals surface area contributed by atoms with Gasteiger partial charge in [0.1, 0.15) is 0 Å².